The molecule has 0 radical (unpaired) electrons. The SMILES string of the molecule is CN1C2CCC1CN(CC#N)CC2. The standard InChI is InChI=1S/C10H17N3/c1-12-9-2-3-10(12)8-13(6-4-9)7-5-11/h9-10H,2-4,6-8H2,1H3. The molecule has 0 aliphatic carbocycles. The first kappa shape index (κ1) is 8.98. The molecule has 0 aromatic carbocycles. The van der Waals surface area contributed by atoms with Gasteiger partial charge in [-0.15, -0.1) is 0 Å². The van der Waals surface area contributed by atoms with Crippen molar-refractivity contribution in [3.8, 4) is 6.07 Å². The molecule has 2 saturated heterocycles. The van der Waals surface area contributed by atoms with Crippen molar-refractivity contribution in [3.05, 3.63) is 0 Å². The summed E-state index contributed by atoms with van der Waals surface area (Å²) < 4.78 is 0. The van der Waals surface area contributed by atoms with E-state index >= 15 is 0 Å². The topological polar surface area (TPSA) is 30.3 Å². The molecular formula is C10H17N3. The van der Waals surface area contributed by atoms with Gasteiger partial charge in [-0.05, 0) is 26.3 Å². The Balaban J connectivity index is 1.99. The number of hydrogen-bond donors (Lipinski definition) is 0. The molecule has 0 aromatic heterocycles. The van der Waals surface area contributed by atoms with Crippen LogP contribution in [0.3, 0.4) is 0 Å². The molecule has 2 bridgehead atoms. The number of rotatable bonds is 1. The van der Waals surface area contributed by atoms with E-state index in [9.17, 15) is 0 Å². The second-order valence-electron chi connectivity index (χ2n) is 4.23. The van der Waals surface area contributed by atoms with Gasteiger partial charge < -0.3 is 0 Å². The molecule has 2 fully saturated rings. The van der Waals surface area contributed by atoms with Crippen LogP contribution >= 0.6 is 0 Å². The predicted octanol–water partition coefficient (Wildman–Crippen LogP) is 0.678. The molecule has 2 heterocycles. The highest BCUT2D eigenvalue weighted by Crippen LogP contribution is 2.28. The largest absolute Gasteiger partial charge is 0.299 e. The van der Waals surface area contributed by atoms with Crippen LogP contribution < -0.4 is 0 Å². The van der Waals surface area contributed by atoms with Crippen molar-refractivity contribution in [2.75, 3.05) is 26.7 Å². The highest BCUT2D eigenvalue weighted by atomic mass is 15.3. The van der Waals surface area contributed by atoms with Gasteiger partial charge in [0, 0.05) is 25.2 Å². The number of nitrogens with zero attached hydrogens (tertiary/aromatic N) is 3. The van der Waals surface area contributed by atoms with Crippen LogP contribution in [0.4, 0.5) is 0 Å². The number of hydrogen-bond acceptors (Lipinski definition) is 3. The van der Waals surface area contributed by atoms with Gasteiger partial charge in [-0.25, -0.2) is 0 Å². The first-order valence-electron chi connectivity index (χ1n) is 5.12. The third-order valence-corrected chi connectivity index (χ3v) is 3.53. The van der Waals surface area contributed by atoms with Gasteiger partial charge in [-0.1, -0.05) is 0 Å². The third kappa shape index (κ3) is 1.70. The van der Waals surface area contributed by atoms with Gasteiger partial charge in [0.05, 0.1) is 12.6 Å². The van der Waals surface area contributed by atoms with Crippen molar-refractivity contribution < 1.29 is 0 Å². The molecule has 0 aromatic rings. The summed E-state index contributed by atoms with van der Waals surface area (Å²) in [4.78, 5) is 4.80. The van der Waals surface area contributed by atoms with Crippen LogP contribution in [-0.2, 0) is 0 Å². The van der Waals surface area contributed by atoms with Crippen molar-refractivity contribution in [2.24, 2.45) is 0 Å². The van der Waals surface area contributed by atoms with Crippen LogP contribution in [0.1, 0.15) is 19.3 Å². The van der Waals surface area contributed by atoms with Gasteiger partial charge in [0.15, 0.2) is 0 Å². The van der Waals surface area contributed by atoms with Crippen molar-refractivity contribution >= 4 is 0 Å². The number of nitriles is 1. The lowest BCUT2D eigenvalue weighted by molar-refractivity contribution is 0.229. The van der Waals surface area contributed by atoms with Crippen LogP contribution in [0.25, 0.3) is 0 Å². The minimum absolute atomic E-state index is 0.608. The first-order valence-corrected chi connectivity index (χ1v) is 5.12. The van der Waals surface area contributed by atoms with Crippen LogP contribution in [0, 0.1) is 11.3 Å². The van der Waals surface area contributed by atoms with Crippen LogP contribution in [0.2, 0.25) is 0 Å². The Morgan fingerprint density at radius 1 is 1.31 bits per heavy atom. The summed E-state index contributed by atoms with van der Waals surface area (Å²) >= 11 is 0. The van der Waals surface area contributed by atoms with E-state index in [-0.39, 0.29) is 0 Å². The molecule has 2 rings (SSSR count). The van der Waals surface area contributed by atoms with Crippen molar-refractivity contribution in [3.63, 3.8) is 0 Å². The summed E-state index contributed by atoms with van der Waals surface area (Å²) in [6, 6.07) is 3.74. The lowest BCUT2D eigenvalue weighted by Crippen LogP contribution is -2.36. The quantitative estimate of drug-likeness (QED) is 0.554. The zero-order valence-electron chi connectivity index (χ0n) is 8.24. The molecule has 2 unspecified atom stereocenters. The Morgan fingerprint density at radius 3 is 2.85 bits per heavy atom. The van der Waals surface area contributed by atoms with Crippen LogP contribution in [0.15, 0.2) is 0 Å². The Bertz CT molecular complexity index is 221. The van der Waals surface area contributed by atoms with Crippen LogP contribution in [0.5, 0.6) is 0 Å². The Labute approximate surface area is 79.9 Å². The van der Waals surface area contributed by atoms with E-state index in [1.807, 2.05) is 0 Å². The van der Waals surface area contributed by atoms with Gasteiger partial charge in [0.1, 0.15) is 0 Å². The molecule has 0 saturated carbocycles. The highest BCUT2D eigenvalue weighted by Gasteiger charge is 2.34. The lowest BCUT2D eigenvalue weighted by Gasteiger charge is -2.23. The minimum atomic E-state index is 0.608. The number of likely N-dealkylation sites (tertiary alicyclic amines) is 1. The number of likely N-dealkylation sites (N-methyl/N-ethyl adjacent to an activating group) is 1. The molecule has 2 atom stereocenters. The Kier molecular flexibility index (Phi) is 2.52. The smallest absolute Gasteiger partial charge is 0.0866 e. The Morgan fingerprint density at radius 2 is 2.08 bits per heavy atom. The van der Waals surface area contributed by atoms with E-state index in [1.54, 1.807) is 0 Å². The van der Waals surface area contributed by atoms with E-state index in [0.717, 1.165) is 19.1 Å². The third-order valence-electron chi connectivity index (χ3n) is 3.53. The van der Waals surface area contributed by atoms with Gasteiger partial charge in [0.2, 0.25) is 0 Å². The van der Waals surface area contributed by atoms with E-state index in [4.69, 9.17) is 5.26 Å². The molecule has 2 aliphatic heterocycles. The fourth-order valence-corrected chi connectivity index (χ4v) is 2.62. The van der Waals surface area contributed by atoms with E-state index in [0.29, 0.717) is 12.6 Å². The maximum absolute atomic E-state index is 8.64. The predicted molar refractivity (Wildman–Crippen MR) is 51.2 cm³/mol. The molecule has 0 N–H and O–H groups in total. The summed E-state index contributed by atoms with van der Waals surface area (Å²) in [7, 11) is 2.23. The summed E-state index contributed by atoms with van der Waals surface area (Å²) in [5, 5.41) is 8.64. The van der Waals surface area contributed by atoms with Crippen molar-refractivity contribution in [1.29, 1.82) is 5.26 Å². The average Bonchev–Trinajstić information content (AvgIpc) is 2.33. The lowest BCUT2D eigenvalue weighted by atomic mass is 10.1. The normalized spacial score (nSPS) is 35.7. The summed E-state index contributed by atoms with van der Waals surface area (Å²) in [6.07, 6.45) is 3.93. The monoisotopic (exact) mass is 179 g/mol. The molecule has 3 nitrogen and oxygen atoms in total. The molecule has 0 amide bonds. The fraction of sp³-hybridized carbons (Fsp3) is 0.900. The summed E-state index contributed by atoms with van der Waals surface area (Å²) in [6.45, 7) is 2.82. The Hall–Kier alpha value is -0.590. The fourth-order valence-electron chi connectivity index (χ4n) is 2.62. The van der Waals surface area contributed by atoms with Gasteiger partial charge in [0.25, 0.3) is 0 Å². The second kappa shape index (κ2) is 3.65. The highest BCUT2D eigenvalue weighted by molar-refractivity contribution is 4.92. The van der Waals surface area contributed by atoms with Crippen molar-refractivity contribution in [1.82, 2.24) is 9.80 Å². The molecule has 72 valence electrons. The van der Waals surface area contributed by atoms with E-state index in [1.165, 1.54) is 19.3 Å². The maximum atomic E-state index is 8.64. The van der Waals surface area contributed by atoms with Crippen molar-refractivity contribution in [2.45, 2.75) is 31.3 Å². The average molecular weight is 179 g/mol. The number of fused-ring (bicyclic) bond motifs is 2. The van der Waals surface area contributed by atoms with Gasteiger partial charge in [-0.2, -0.15) is 5.26 Å². The van der Waals surface area contributed by atoms with Crippen LogP contribution in [-0.4, -0.2) is 48.6 Å². The second-order valence-corrected chi connectivity index (χ2v) is 4.23. The molecule has 2 aliphatic rings. The molecular weight excluding hydrogens is 162 g/mol. The van der Waals surface area contributed by atoms with Gasteiger partial charge in [-0.3, -0.25) is 9.80 Å². The molecule has 13 heavy (non-hydrogen) atoms. The zero-order chi connectivity index (χ0) is 9.26. The zero-order valence-corrected chi connectivity index (χ0v) is 8.24. The molecule has 0 spiro atoms. The first-order chi connectivity index (χ1) is 6.31. The molecule has 3 heteroatoms. The minimum Gasteiger partial charge on any atom is -0.299 e. The van der Waals surface area contributed by atoms with Gasteiger partial charge >= 0.3 is 0 Å². The summed E-state index contributed by atoms with van der Waals surface area (Å²) in [5.74, 6) is 0. The maximum Gasteiger partial charge on any atom is 0.0866 e. The van der Waals surface area contributed by atoms with E-state index < -0.39 is 0 Å². The summed E-state index contributed by atoms with van der Waals surface area (Å²) in [5.41, 5.74) is 0. The van der Waals surface area contributed by atoms with E-state index in [2.05, 4.69) is 22.9 Å².